The van der Waals surface area contributed by atoms with Gasteiger partial charge < -0.3 is 10.3 Å². The molecule has 0 fully saturated rings. The molecule has 0 aliphatic heterocycles. The molecule has 2 aromatic heterocycles. The highest BCUT2D eigenvalue weighted by Gasteiger charge is 2.20. The van der Waals surface area contributed by atoms with Gasteiger partial charge in [0.15, 0.2) is 0 Å². The number of aromatic amines is 1. The zero-order valence-electron chi connectivity index (χ0n) is 9.66. The maximum atomic E-state index is 3.99. The van der Waals surface area contributed by atoms with Crippen molar-refractivity contribution in [3.05, 3.63) is 40.6 Å². The summed E-state index contributed by atoms with van der Waals surface area (Å²) in [5, 5.41) is 5.58. The molecule has 2 rings (SSSR count). The number of H-pyrrole nitrogens is 1. The molecule has 0 bridgehead atoms. The second-order valence-corrected chi connectivity index (χ2v) is 5.49. The van der Waals surface area contributed by atoms with Gasteiger partial charge in [0.25, 0.3) is 0 Å². The maximum Gasteiger partial charge on any atom is 0.0922 e. The molecule has 0 aliphatic carbocycles. The number of rotatable bonds is 5. The van der Waals surface area contributed by atoms with Gasteiger partial charge in [-0.25, -0.2) is 4.98 Å². The minimum absolute atomic E-state index is 0.189. The normalized spacial score (nSPS) is 11.9. The van der Waals surface area contributed by atoms with Gasteiger partial charge in [-0.05, 0) is 11.4 Å². The molecule has 0 saturated heterocycles. The number of hydrogen-bond acceptors (Lipinski definition) is 3. The Hall–Kier alpha value is -1.13. The molecule has 0 radical (unpaired) electrons. The summed E-state index contributed by atoms with van der Waals surface area (Å²) >= 11 is 1.82. The first-order valence-electron chi connectivity index (χ1n) is 5.40. The zero-order valence-corrected chi connectivity index (χ0v) is 10.5. The number of hydrogen-bond donors (Lipinski definition) is 2. The first-order valence-corrected chi connectivity index (χ1v) is 6.28. The van der Waals surface area contributed by atoms with Crippen LogP contribution in [0.4, 0.5) is 0 Å². The summed E-state index contributed by atoms with van der Waals surface area (Å²) in [7, 11) is 0. The van der Waals surface area contributed by atoms with Gasteiger partial charge in [-0.1, -0.05) is 19.9 Å². The van der Waals surface area contributed by atoms with E-state index < -0.39 is 0 Å². The predicted molar refractivity (Wildman–Crippen MR) is 67.6 cm³/mol. The first-order chi connectivity index (χ1) is 7.68. The van der Waals surface area contributed by atoms with Gasteiger partial charge in [-0.2, -0.15) is 0 Å². The van der Waals surface area contributed by atoms with Crippen molar-refractivity contribution in [1.29, 1.82) is 0 Å². The number of nitrogens with zero attached hydrogens (tertiary/aromatic N) is 1. The van der Waals surface area contributed by atoms with E-state index in [4.69, 9.17) is 0 Å². The highest BCUT2D eigenvalue weighted by atomic mass is 32.1. The molecule has 2 heterocycles. The fourth-order valence-electron chi connectivity index (χ4n) is 1.64. The third-order valence-corrected chi connectivity index (χ3v) is 3.86. The maximum absolute atomic E-state index is 3.99. The van der Waals surface area contributed by atoms with Crippen LogP contribution in [0.3, 0.4) is 0 Å². The van der Waals surface area contributed by atoms with E-state index in [0.29, 0.717) is 0 Å². The minimum Gasteiger partial charge on any atom is -0.347 e. The fourth-order valence-corrected chi connectivity index (χ4v) is 2.49. The number of aromatic nitrogens is 2. The van der Waals surface area contributed by atoms with Crippen LogP contribution in [0.5, 0.6) is 0 Å². The average Bonchev–Trinajstić information content (AvgIpc) is 2.90. The fraction of sp³-hybridized carbons (Fsp3) is 0.417. The second-order valence-electron chi connectivity index (χ2n) is 4.54. The summed E-state index contributed by atoms with van der Waals surface area (Å²) in [6.45, 7) is 6.33. The molecular formula is C12H17N3S. The van der Waals surface area contributed by atoms with Crippen molar-refractivity contribution >= 4 is 11.3 Å². The summed E-state index contributed by atoms with van der Waals surface area (Å²) in [5.41, 5.74) is 1.32. The van der Waals surface area contributed by atoms with E-state index in [1.165, 1.54) is 4.88 Å². The van der Waals surface area contributed by atoms with Crippen molar-refractivity contribution in [3.8, 4) is 0 Å². The molecule has 0 aromatic carbocycles. The molecule has 2 aromatic rings. The highest BCUT2D eigenvalue weighted by Crippen LogP contribution is 2.26. The molecular weight excluding hydrogens is 218 g/mol. The largest absolute Gasteiger partial charge is 0.347 e. The Balaban J connectivity index is 1.85. The molecule has 0 atom stereocenters. The van der Waals surface area contributed by atoms with E-state index in [-0.39, 0.29) is 5.41 Å². The van der Waals surface area contributed by atoms with E-state index in [9.17, 15) is 0 Å². The lowest BCUT2D eigenvalue weighted by molar-refractivity contribution is 0.475. The summed E-state index contributed by atoms with van der Waals surface area (Å²) in [6, 6.07) is 4.30. The first kappa shape index (κ1) is 11.4. The lowest BCUT2D eigenvalue weighted by Gasteiger charge is -2.23. The third kappa shape index (κ3) is 2.71. The van der Waals surface area contributed by atoms with Crippen molar-refractivity contribution in [2.45, 2.75) is 25.8 Å². The van der Waals surface area contributed by atoms with Crippen LogP contribution < -0.4 is 5.32 Å². The van der Waals surface area contributed by atoms with Crippen LogP contribution in [0.1, 0.15) is 24.4 Å². The van der Waals surface area contributed by atoms with Crippen molar-refractivity contribution in [2.75, 3.05) is 6.54 Å². The van der Waals surface area contributed by atoms with E-state index in [1.807, 2.05) is 17.5 Å². The lowest BCUT2D eigenvalue weighted by atomic mass is 9.91. The SMILES string of the molecule is CC(C)(CNCc1cnc[nH]1)c1cccs1. The molecule has 0 saturated carbocycles. The molecule has 0 spiro atoms. The van der Waals surface area contributed by atoms with Crippen LogP contribution in [0.25, 0.3) is 0 Å². The quantitative estimate of drug-likeness (QED) is 0.836. The van der Waals surface area contributed by atoms with Gasteiger partial charge in [0.1, 0.15) is 0 Å². The Morgan fingerprint density at radius 2 is 2.38 bits per heavy atom. The molecule has 0 amide bonds. The summed E-state index contributed by atoms with van der Waals surface area (Å²) < 4.78 is 0. The summed E-state index contributed by atoms with van der Waals surface area (Å²) in [5.74, 6) is 0. The summed E-state index contributed by atoms with van der Waals surface area (Å²) in [6.07, 6.45) is 3.56. The third-order valence-electron chi connectivity index (χ3n) is 2.63. The minimum atomic E-state index is 0.189. The van der Waals surface area contributed by atoms with Crippen LogP contribution in [-0.2, 0) is 12.0 Å². The molecule has 3 nitrogen and oxygen atoms in total. The smallest absolute Gasteiger partial charge is 0.0922 e. The number of thiophene rings is 1. The van der Waals surface area contributed by atoms with Crippen LogP contribution in [0.2, 0.25) is 0 Å². The van der Waals surface area contributed by atoms with E-state index in [1.54, 1.807) is 6.33 Å². The second kappa shape index (κ2) is 4.80. The van der Waals surface area contributed by atoms with Crippen LogP contribution in [-0.4, -0.2) is 16.5 Å². The van der Waals surface area contributed by atoms with Crippen molar-refractivity contribution in [3.63, 3.8) is 0 Å². The van der Waals surface area contributed by atoms with Gasteiger partial charge in [0, 0.05) is 35.3 Å². The van der Waals surface area contributed by atoms with Crippen LogP contribution >= 0.6 is 11.3 Å². The average molecular weight is 235 g/mol. The predicted octanol–water partition coefficient (Wildman–Crippen LogP) is 2.54. The molecule has 0 aliphatic rings. The Kier molecular flexibility index (Phi) is 3.41. The topological polar surface area (TPSA) is 40.7 Å². The van der Waals surface area contributed by atoms with Gasteiger partial charge in [-0.3, -0.25) is 0 Å². The van der Waals surface area contributed by atoms with E-state index >= 15 is 0 Å². The standard InChI is InChI=1S/C12H17N3S/c1-12(2,11-4-3-5-16-11)8-13-6-10-7-14-9-15-10/h3-5,7,9,13H,6,8H2,1-2H3,(H,14,15). The van der Waals surface area contributed by atoms with Gasteiger partial charge in [-0.15, -0.1) is 11.3 Å². The monoisotopic (exact) mass is 235 g/mol. The van der Waals surface area contributed by atoms with E-state index in [0.717, 1.165) is 18.8 Å². The van der Waals surface area contributed by atoms with Crippen molar-refractivity contribution < 1.29 is 0 Å². The van der Waals surface area contributed by atoms with Crippen LogP contribution in [0, 0.1) is 0 Å². The Morgan fingerprint density at radius 3 is 3.00 bits per heavy atom. The Labute approximate surface area is 99.9 Å². The number of nitrogens with one attached hydrogen (secondary N) is 2. The molecule has 86 valence electrons. The molecule has 4 heteroatoms. The molecule has 2 N–H and O–H groups in total. The van der Waals surface area contributed by atoms with Crippen molar-refractivity contribution in [1.82, 2.24) is 15.3 Å². The van der Waals surface area contributed by atoms with Gasteiger partial charge >= 0.3 is 0 Å². The Morgan fingerprint density at radius 1 is 1.50 bits per heavy atom. The molecule has 16 heavy (non-hydrogen) atoms. The Bertz CT molecular complexity index is 403. The number of imidazole rings is 1. The molecule has 0 unspecified atom stereocenters. The van der Waals surface area contributed by atoms with Gasteiger partial charge in [0.2, 0.25) is 0 Å². The lowest BCUT2D eigenvalue weighted by Crippen LogP contribution is -2.31. The van der Waals surface area contributed by atoms with E-state index in [2.05, 4.69) is 46.6 Å². The van der Waals surface area contributed by atoms with Crippen LogP contribution in [0.15, 0.2) is 30.0 Å². The summed E-state index contributed by atoms with van der Waals surface area (Å²) in [4.78, 5) is 8.50. The zero-order chi connectivity index (χ0) is 11.4. The van der Waals surface area contributed by atoms with Crippen molar-refractivity contribution in [2.24, 2.45) is 0 Å². The van der Waals surface area contributed by atoms with Gasteiger partial charge in [0.05, 0.1) is 6.33 Å². The highest BCUT2D eigenvalue weighted by molar-refractivity contribution is 7.10.